The topological polar surface area (TPSA) is 0 Å². The first-order valence-electron chi connectivity index (χ1n) is 3.60. The molecule has 0 unspecified atom stereocenters. The van der Waals surface area contributed by atoms with Crippen molar-refractivity contribution in [2.75, 3.05) is 0 Å². The van der Waals surface area contributed by atoms with E-state index in [4.69, 9.17) is 12.2 Å². The van der Waals surface area contributed by atoms with Crippen molar-refractivity contribution in [2.45, 2.75) is 20.3 Å². The third kappa shape index (κ3) is 1.77. The van der Waals surface area contributed by atoms with Gasteiger partial charge in [0.25, 0.3) is 0 Å². The lowest BCUT2D eigenvalue weighted by molar-refractivity contribution is 0.754. The normalized spacial score (nSPS) is 17.9. The zero-order chi connectivity index (χ0) is 7.56. The minimum absolute atomic E-state index is 0.642. The summed E-state index contributed by atoms with van der Waals surface area (Å²) in [5, 5.41) is 0. The fourth-order valence-electron chi connectivity index (χ4n) is 0.995. The van der Waals surface area contributed by atoms with Crippen LogP contribution in [0, 0.1) is 5.92 Å². The number of hydrogen-bond acceptors (Lipinski definition) is 1. The summed E-state index contributed by atoms with van der Waals surface area (Å²) in [6.45, 7) is 4.40. The maximum Gasteiger partial charge on any atom is 0.0192 e. The summed E-state index contributed by atoms with van der Waals surface area (Å²) < 4.78 is 0. The van der Waals surface area contributed by atoms with Crippen molar-refractivity contribution in [3.05, 3.63) is 23.8 Å². The summed E-state index contributed by atoms with van der Waals surface area (Å²) in [4.78, 5) is 1.06. The number of thiocarbonyl (C=S) groups is 1. The maximum absolute atomic E-state index is 5.07. The van der Waals surface area contributed by atoms with Crippen molar-refractivity contribution in [3.63, 3.8) is 0 Å². The van der Waals surface area contributed by atoms with E-state index in [1.165, 1.54) is 5.57 Å². The van der Waals surface area contributed by atoms with Crippen LogP contribution in [0.15, 0.2) is 23.8 Å². The fourth-order valence-corrected chi connectivity index (χ4v) is 1.24. The Bertz CT molecular complexity index is 197. The van der Waals surface area contributed by atoms with Crippen molar-refractivity contribution < 1.29 is 0 Å². The van der Waals surface area contributed by atoms with Crippen LogP contribution in [0.2, 0.25) is 0 Å². The van der Waals surface area contributed by atoms with Crippen LogP contribution in [0.1, 0.15) is 20.3 Å². The highest BCUT2D eigenvalue weighted by Gasteiger charge is 2.06. The molecule has 0 bridgehead atoms. The van der Waals surface area contributed by atoms with Gasteiger partial charge in [0, 0.05) is 11.3 Å². The average molecular weight is 152 g/mol. The van der Waals surface area contributed by atoms with Gasteiger partial charge in [-0.3, -0.25) is 0 Å². The molecule has 0 saturated carbocycles. The highest BCUT2D eigenvalue weighted by Crippen LogP contribution is 2.18. The minimum atomic E-state index is 0.642. The highest BCUT2D eigenvalue weighted by atomic mass is 32.1. The molecule has 0 N–H and O–H groups in total. The molecular formula is C9H12S. The zero-order valence-electron chi connectivity index (χ0n) is 6.42. The van der Waals surface area contributed by atoms with Gasteiger partial charge in [-0.15, -0.1) is 0 Å². The molecule has 0 amide bonds. The third-order valence-electron chi connectivity index (χ3n) is 1.71. The van der Waals surface area contributed by atoms with E-state index in [9.17, 15) is 0 Å². The second-order valence-corrected chi connectivity index (χ2v) is 3.42. The third-order valence-corrected chi connectivity index (χ3v) is 1.99. The molecule has 0 fully saturated rings. The van der Waals surface area contributed by atoms with Crippen molar-refractivity contribution in [2.24, 2.45) is 5.92 Å². The molecule has 0 spiro atoms. The Hall–Kier alpha value is -0.430. The molecule has 0 aromatic carbocycles. The van der Waals surface area contributed by atoms with Crippen LogP contribution >= 0.6 is 12.2 Å². The Labute approximate surface area is 67.6 Å². The predicted octanol–water partition coefficient (Wildman–Crippen LogP) is 2.90. The molecule has 0 saturated heterocycles. The van der Waals surface area contributed by atoms with Crippen LogP contribution in [0.4, 0.5) is 0 Å². The van der Waals surface area contributed by atoms with E-state index in [1.807, 2.05) is 12.2 Å². The predicted molar refractivity (Wildman–Crippen MR) is 49.3 cm³/mol. The molecule has 10 heavy (non-hydrogen) atoms. The Morgan fingerprint density at radius 3 is 2.60 bits per heavy atom. The van der Waals surface area contributed by atoms with E-state index < -0.39 is 0 Å². The first kappa shape index (κ1) is 7.67. The quantitative estimate of drug-likeness (QED) is 0.521. The van der Waals surface area contributed by atoms with Gasteiger partial charge >= 0.3 is 0 Å². The molecule has 0 nitrogen and oxygen atoms in total. The Kier molecular flexibility index (Phi) is 2.39. The first-order valence-corrected chi connectivity index (χ1v) is 4.01. The van der Waals surface area contributed by atoms with Crippen LogP contribution in [0.25, 0.3) is 0 Å². The highest BCUT2D eigenvalue weighted by molar-refractivity contribution is 7.80. The standard InChI is InChI=1S/C9H12S/c1-7(2)8-4-3-5-9(10)6-8/h3-5,7H,6H2,1-2H3. The number of allylic oxidation sites excluding steroid dienone is 4. The van der Waals surface area contributed by atoms with E-state index in [-0.39, 0.29) is 0 Å². The molecule has 0 heterocycles. The van der Waals surface area contributed by atoms with E-state index in [0.717, 1.165) is 11.3 Å². The van der Waals surface area contributed by atoms with E-state index in [2.05, 4.69) is 19.9 Å². The molecule has 1 aliphatic carbocycles. The molecular weight excluding hydrogens is 140 g/mol. The summed E-state index contributed by atoms with van der Waals surface area (Å²) in [6, 6.07) is 0. The van der Waals surface area contributed by atoms with E-state index in [1.54, 1.807) is 0 Å². The molecule has 0 radical (unpaired) electrons. The van der Waals surface area contributed by atoms with Crippen molar-refractivity contribution in [1.29, 1.82) is 0 Å². The SMILES string of the molecule is CC(C)C1=CC=CC(=S)C1. The molecule has 1 rings (SSSR count). The smallest absolute Gasteiger partial charge is 0.0192 e. The molecule has 54 valence electrons. The van der Waals surface area contributed by atoms with Crippen LogP contribution in [-0.4, -0.2) is 4.86 Å². The summed E-state index contributed by atoms with van der Waals surface area (Å²) in [5.41, 5.74) is 1.45. The van der Waals surface area contributed by atoms with Gasteiger partial charge in [0.1, 0.15) is 0 Å². The van der Waals surface area contributed by atoms with Crippen molar-refractivity contribution >= 4 is 17.1 Å². The Morgan fingerprint density at radius 1 is 1.50 bits per heavy atom. The average Bonchev–Trinajstić information content (AvgIpc) is 1.88. The lowest BCUT2D eigenvalue weighted by atomic mass is 9.95. The van der Waals surface area contributed by atoms with Gasteiger partial charge in [0.15, 0.2) is 0 Å². The molecule has 0 aliphatic heterocycles. The van der Waals surface area contributed by atoms with Gasteiger partial charge in [-0.05, 0) is 12.0 Å². The summed E-state index contributed by atoms with van der Waals surface area (Å²) in [6.07, 6.45) is 7.20. The molecule has 0 atom stereocenters. The second kappa shape index (κ2) is 3.11. The van der Waals surface area contributed by atoms with Crippen molar-refractivity contribution in [3.8, 4) is 0 Å². The van der Waals surface area contributed by atoms with Crippen LogP contribution in [0.3, 0.4) is 0 Å². The monoisotopic (exact) mass is 152 g/mol. The van der Waals surface area contributed by atoms with Gasteiger partial charge in [0.2, 0.25) is 0 Å². The lowest BCUT2D eigenvalue weighted by Gasteiger charge is -2.12. The van der Waals surface area contributed by atoms with E-state index in [0.29, 0.717) is 5.92 Å². The molecule has 1 aliphatic rings. The van der Waals surface area contributed by atoms with Crippen molar-refractivity contribution in [1.82, 2.24) is 0 Å². The lowest BCUT2D eigenvalue weighted by Crippen LogP contribution is -2.02. The summed E-state index contributed by atoms with van der Waals surface area (Å²) in [5.74, 6) is 0.642. The molecule has 0 aromatic heterocycles. The van der Waals surface area contributed by atoms with Crippen LogP contribution in [-0.2, 0) is 0 Å². The zero-order valence-corrected chi connectivity index (χ0v) is 7.24. The number of rotatable bonds is 1. The largest absolute Gasteiger partial charge is 0.0846 e. The number of hydrogen-bond donors (Lipinski definition) is 0. The Morgan fingerprint density at radius 2 is 2.20 bits per heavy atom. The second-order valence-electron chi connectivity index (χ2n) is 2.90. The van der Waals surface area contributed by atoms with E-state index >= 15 is 0 Å². The summed E-state index contributed by atoms with van der Waals surface area (Å²) in [7, 11) is 0. The van der Waals surface area contributed by atoms with Gasteiger partial charge in [-0.2, -0.15) is 0 Å². The van der Waals surface area contributed by atoms with Gasteiger partial charge in [-0.25, -0.2) is 0 Å². The Balaban J connectivity index is 2.70. The molecule has 1 heteroatoms. The van der Waals surface area contributed by atoms with Crippen LogP contribution in [0.5, 0.6) is 0 Å². The van der Waals surface area contributed by atoms with Gasteiger partial charge in [0.05, 0.1) is 0 Å². The van der Waals surface area contributed by atoms with Gasteiger partial charge < -0.3 is 0 Å². The maximum atomic E-state index is 5.07. The minimum Gasteiger partial charge on any atom is -0.0846 e. The molecule has 0 aromatic rings. The first-order chi connectivity index (χ1) is 4.70. The van der Waals surface area contributed by atoms with Gasteiger partial charge in [-0.1, -0.05) is 43.8 Å². The summed E-state index contributed by atoms with van der Waals surface area (Å²) >= 11 is 5.07. The van der Waals surface area contributed by atoms with Crippen LogP contribution < -0.4 is 0 Å². The fraction of sp³-hybridized carbons (Fsp3) is 0.444.